The highest BCUT2D eigenvalue weighted by atomic mass is 32.2. The minimum absolute atomic E-state index is 0.136. The highest BCUT2D eigenvalue weighted by molar-refractivity contribution is 7.98. The second-order valence-corrected chi connectivity index (χ2v) is 5.86. The first kappa shape index (κ1) is 15.1. The van der Waals surface area contributed by atoms with Gasteiger partial charge in [-0.3, -0.25) is 4.79 Å². The van der Waals surface area contributed by atoms with Crippen LogP contribution in [0.5, 0.6) is 0 Å². The lowest BCUT2D eigenvalue weighted by Crippen LogP contribution is -2.42. The van der Waals surface area contributed by atoms with E-state index < -0.39 is 5.60 Å². The molecule has 0 bridgehead atoms. The zero-order chi connectivity index (χ0) is 13.8. The molecule has 0 aliphatic rings. The maximum atomic E-state index is 12.0. The summed E-state index contributed by atoms with van der Waals surface area (Å²) in [6, 6.07) is 5.73. The van der Waals surface area contributed by atoms with Gasteiger partial charge in [0.2, 0.25) is 0 Å². The van der Waals surface area contributed by atoms with E-state index in [-0.39, 0.29) is 12.5 Å². The monoisotopic (exact) mass is 267 g/mol. The van der Waals surface area contributed by atoms with Gasteiger partial charge in [-0.1, -0.05) is 17.2 Å². The number of carbonyl (C=O) groups excluding carboxylic acids is 1. The summed E-state index contributed by atoms with van der Waals surface area (Å²) in [5.74, 6) is 0.461. The van der Waals surface area contributed by atoms with E-state index in [0.29, 0.717) is 11.3 Å². The van der Waals surface area contributed by atoms with Gasteiger partial charge < -0.3 is 10.4 Å². The van der Waals surface area contributed by atoms with Crippen LogP contribution in [0.1, 0.15) is 28.4 Å². The molecule has 18 heavy (non-hydrogen) atoms. The van der Waals surface area contributed by atoms with E-state index in [1.54, 1.807) is 18.7 Å². The van der Waals surface area contributed by atoms with Crippen molar-refractivity contribution in [2.75, 3.05) is 18.6 Å². The number of aliphatic hydroxyl groups is 1. The van der Waals surface area contributed by atoms with Crippen molar-refractivity contribution in [2.45, 2.75) is 26.4 Å². The maximum absolute atomic E-state index is 12.0. The summed E-state index contributed by atoms with van der Waals surface area (Å²) >= 11 is 1.56. The summed E-state index contributed by atoms with van der Waals surface area (Å²) in [7, 11) is 0. The molecule has 0 radical (unpaired) electrons. The van der Waals surface area contributed by atoms with E-state index in [1.807, 2.05) is 38.3 Å². The highest BCUT2D eigenvalue weighted by Crippen LogP contribution is 2.11. The lowest BCUT2D eigenvalue weighted by molar-refractivity contribution is 0.0725. The molecule has 1 rings (SSSR count). The normalized spacial score (nSPS) is 14.1. The molecule has 1 aromatic carbocycles. The molecule has 0 spiro atoms. The molecule has 0 saturated heterocycles. The van der Waals surface area contributed by atoms with Gasteiger partial charge in [-0.25, -0.2) is 0 Å². The Morgan fingerprint density at radius 2 is 1.89 bits per heavy atom. The van der Waals surface area contributed by atoms with Gasteiger partial charge in [-0.05, 0) is 39.2 Å². The minimum Gasteiger partial charge on any atom is -0.387 e. The first-order valence-electron chi connectivity index (χ1n) is 5.92. The minimum atomic E-state index is -0.867. The van der Waals surface area contributed by atoms with Crippen LogP contribution in [0.4, 0.5) is 0 Å². The van der Waals surface area contributed by atoms with Crippen LogP contribution in [0.15, 0.2) is 18.2 Å². The summed E-state index contributed by atoms with van der Waals surface area (Å²) in [6.07, 6.45) is 1.93. The van der Waals surface area contributed by atoms with E-state index in [9.17, 15) is 9.90 Å². The van der Waals surface area contributed by atoms with Crippen LogP contribution in [-0.4, -0.2) is 35.2 Å². The van der Waals surface area contributed by atoms with Gasteiger partial charge in [0.05, 0.1) is 5.60 Å². The largest absolute Gasteiger partial charge is 0.387 e. The van der Waals surface area contributed by atoms with Crippen LogP contribution < -0.4 is 5.32 Å². The lowest BCUT2D eigenvalue weighted by atomic mass is 10.1. The zero-order valence-corrected chi connectivity index (χ0v) is 12.2. The number of amides is 1. The Kier molecular flexibility index (Phi) is 5.23. The van der Waals surface area contributed by atoms with Crippen LogP contribution >= 0.6 is 11.8 Å². The van der Waals surface area contributed by atoms with Crippen LogP contribution in [0.2, 0.25) is 0 Å². The second-order valence-electron chi connectivity index (χ2n) is 4.99. The fraction of sp³-hybridized carbons (Fsp3) is 0.500. The molecule has 1 unspecified atom stereocenters. The molecular formula is C14H21NO2S. The molecule has 0 fully saturated rings. The molecule has 2 N–H and O–H groups in total. The van der Waals surface area contributed by atoms with Gasteiger partial charge >= 0.3 is 0 Å². The molecule has 0 saturated carbocycles. The van der Waals surface area contributed by atoms with Crippen molar-refractivity contribution in [3.63, 3.8) is 0 Å². The van der Waals surface area contributed by atoms with E-state index in [2.05, 4.69) is 5.32 Å². The van der Waals surface area contributed by atoms with Gasteiger partial charge in [0, 0.05) is 17.9 Å². The van der Waals surface area contributed by atoms with Crippen molar-refractivity contribution in [3.05, 3.63) is 34.9 Å². The smallest absolute Gasteiger partial charge is 0.251 e. The predicted molar refractivity (Wildman–Crippen MR) is 77.3 cm³/mol. The molecule has 4 heteroatoms. The summed E-state index contributed by atoms with van der Waals surface area (Å²) in [4.78, 5) is 12.0. The Morgan fingerprint density at radius 1 is 1.33 bits per heavy atom. The van der Waals surface area contributed by atoms with E-state index >= 15 is 0 Å². The third-order valence-corrected chi connectivity index (χ3v) is 3.48. The average molecular weight is 267 g/mol. The lowest BCUT2D eigenvalue weighted by Gasteiger charge is -2.22. The molecule has 100 valence electrons. The number of hydrogen-bond donors (Lipinski definition) is 2. The third-order valence-electron chi connectivity index (χ3n) is 2.57. The van der Waals surface area contributed by atoms with Gasteiger partial charge in [0.25, 0.3) is 5.91 Å². The predicted octanol–water partition coefficient (Wildman–Crippen LogP) is 2.15. The summed E-state index contributed by atoms with van der Waals surface area (Å²) in [5.41, 5.74) is 1.91. The average Bonchev–Trinajstić information content (AvgIpc) is 2.24. The number of benzene rings is 1. The summed E-state index contributed by atoms with van der Waals surface area (Å²) in [5, 5.41) is 12.8. The van der Waals surface area contributed by atoms with Gasteiger partial charge in [-0.2, -0.15) is 11.8 Å². The standard InChI is InChI=1S/C14H21NO2S/c1-10-5-11(2)7-12(6-10)13(16)15-8-14(3,17)9-18-4/h5-7,17H,8-9H2,1-4H3,(H,15,16). The van der Waals surface area contributed by atoms with E-state index in [1.165, 1.54) is 0 Å². The molecule has 1 aromatic rings. The zero-order valence-electron chi connectivity index (χ0n) is 11.4. The Labute approximate surface area is 113 Å². The second kappa shape index (κ2) is 6.25. The van der Waals surface area contributed by atoms with Crippen molar-refractivity contribution >= 4 is 17.7 Å². The number of carbonyl (C=O) groups is 1. The number of nitrogens with one attached hydrogen (secondary N) is 1. The van der Waals surface area contributed by atoms with Gasteiger partial charge in [-0.15, -0.1) is 0 Å². The van der Waals surface area contributed by atoms with E-state index in [4.69, 9.17) is 0 Å². The number of aryl methyl sites for hydroxylation is 2. The Balaban J connectivity index is 2.66. The molecule has 0 aliphatic heterocycles. The molecule has 0 heterocycles. The fourth-order valence-corrected chi connectivity index (χ4v) is 2.56. The highest BCUT2D eigenvalue weighted by Gasteiger charge is 2.20. The molecule has 1 atom stereocenters. The Morgan fingerprint density at radius 3 is 2.39 bits per heavy atom. The Hall–Kier alpha value is -1.00. The number of rotatable bonds is 5. The van der Waals surface area contributed by atoms with Gasteiger partial charge in [0.1, 0.15) is 0 Å². The van der Waals surface area contributed by atoms with Crippen molar-refractivity contribution < 1.29 is 9.90 Å². The fourth-order valence-electron chi connectivity index (χ4n) is 1.84. The molecule has 1 amide bonds. The quantitative estimate of drug-likeness (QED) is 0.859. The third kappa shape index (κ3) is 4.70. The topological polar surface area (TPSA) is 49.3 Å². The van der Waals surface area contributed by atoms with Crippen LogP contribution in [0, 0.1) is 13.8 Å². The summed E-state index contributed by atoms with van der Waals surface area (Å²) < 4.78 is 0. The molecule has 0 aromatic heterocycles. The molecular weight excluding hydrogens is 246 g/mol. The van der Waals surface area contributed by atoms with E-state index in [0.717, 1.165) is 11.1 Å². The first-order chi connectivity index (χ1) is 8.34. The van der Waals surface area contributed by atoms with Crippen molar-refractivity contribution in [3.8, 4) is 0 Å². The first-order valence-corrected chi connectivity index (χ1v) is 7.31. The maximum Gasteiger partial charge on any atom is 0.251 e. The van der Waals surface area contributed by atoms with Crippen molar-refractivity contribution in [1.82, 2.24) is 5.32 Å². The Bertz CT molecular complexity index is 410. The SMILES string of the molecule is CSCC(C)(O)CNC(=O)c1cc(C)cc(C)c1. The molecule has 3 nitrogen and oxygen atoms in total. The summed E-state index contributed by atoms with van der Waals surface area (Å²) in [6.45, 7) is 5.92. The molecule has 0 aliphatic carbocycles. The number of hydrogen-bond acceptors (Lipinski definition) is 3. The number of thioether (sulfide) groups is 1. The van der Waals surface area contributed by atoms with Crippen molar-refractivity contribution in [2.24, 2.45) is 0 Å². The van der Waals surface area contributed by atoms with Crippen LogP contribution in [-0.2, 0) is 0 Å². The van der Waals surface area contributed by atoms with Crippen molar-refractivity contribution in [1.29, 1.82) is 0 Å². The van der Waals surface area contributed by atoms with Gasteiger partial charge in [0.15, 0.2) is 0 Å². The van der Waals surface area contributed by atoms with Crippen LogP contribution in [0.25, 0.3) is 0 Å². The van der Waals surface area contributed by atoms with Crippen LogP contribution in [0.3, 0.4) is 0 Å².